The molecule has 2 amide bonds. The normalized spacial score (nSPS) is 14.3. The summed E-state index contributed by atoms with van der Waals surface area (Å²) in [5, 5.41) is 6.43. The third kappa shape index (κ3) is 4.72. The van der Waals surface area contributed by atoms with Gasteiger partial charge < -0.3 is 10.6 Å². The van der Waals surface area contributed by atoms with Gasteiger partial charge in [-0.25, -0.2) is 4.98 Å². The van der Waals surface area contributed by atoms with Gasteiger partial charge in [0, 0.05) is 17.3 Å². The summed E-state index contributed by atoms with van der Waals surface area (Å²) >= 11 is 0. The molecule has 1 aromatic heterocycles. The molecule has 7 nitrogen and oxygen atoms in total. The van der Waals surface area contributed by atoms with Gasteiger partial charge in [0.2, 0.25) is 5.91 Å². The first-order valence-electron chi connectivity index (χ1n) is 11.1. The van der Waals surface area contributed by atoms with Crippen LogP contribution in [-0.2, 0) is 11.3 Å². The van der Waals surface area contributed by atoms with Crippen LogP contribution in [0.3, 0.4) is 0 Å². The molecular formula is C25H28N4O3. The van der Waals surface area contributed by atoms with Gasteiger partial charge in [-0.05, 0) is 62.1 Å². The summed E-state index contributed by atoms with van der Waals surface area (Å²) in [7, 11) is 0. The van der Waals surface area contributed by atoms with Crippen molar-refractivity contribution in [3.05, 3.63) is 69.8 Å². The molecule has 1 saturated carbocycles. The van der Waals surface area contributed by atoms with Gasteiger partial charge in [0.25, 0.3) is 11.5 Å². The summed E-state index contributed by atoms with van der Waals surface area (Å²) < 4.78 is 1.30. The second-order valence-electron chi connectivity index (χ2n) is 8.53. The number of nitrogens with one attached hydrogen (secondary N) is 2. The minimum Gasteiger partial charge on any atom is -0.349 e. The van der Waals surface area contributed by atoms with E-state index in [0.29, 0.717) is 22.2 Å². The van der Waals surface area contributed by atoms with E-state index in [2.05, 4.69) is 15.6 Å². The van der Waals surface area contributed by atoms with Crippen LogP contribution >= 0.6 is 0 Å². The summed E-state index contributed by atoms with van der Waals surface area (Å²) in [5.41, 5.74) is 3.29. The van der Waals surface area contributed by atoms with Crippen molar-refractivity contribution >= 4 is 28.4 Å². The fourth-order valence-electron chi connectivity index (χ4n) is 4.26. The number of anilines is 1. The van der Waals surface area contributed by atoms with E-state index < -0.39 is 0 Å². The van der Waals surface area contributed by atoms with Crippen LogP contribution in [-0.4, -0.2) is 27.4 Å². The molecule has 0 saturated heterocycles. The van der Waals surface area contributed by atoms with Crippen molar-refractivity contribution in [2.75, 3.05) is 5.32 Å². The van der Waals surface area contributed by atoms with E-state index in [1.54, 1.807) is 30.3 Å². The van der Waals surface area contributed by atoms with Gasteiger partial charge in [-0.3, -0.25) is 19.0 Å². The molecule has 7 heteroatoms. The van der Waals surface area contributed by atoms with Crippen molar-refractivity contribution in [1.82, 2.24) is 14.9 Å². The first-order chi connectivity index (χ1) is 15.4. The lowest BCUT2D eigenvalue weighted by molar-refractivity contribution is -0.116. The molecule has 1 heterocycles. The van der Waals surface area contributed by atoms with Crippen molar-refractivity contribution in [1.29, 1.82) is 0 Å². The minimum absolute atomic E-state index is 0.0815. The summed E-state index contributed by atoms with van der Waals surface area (Å²) in [4.78, 5) is 42.2. The van der Waals surface area contributed by atoms with Gasteiger partial charge in [0.1, 0.15) is 6.54 Å². The monoisotopic (exact) mass is 432 g/mol. The zero-order valence-electron chi connectivity index (χ0n) is 18.5. The lowest BCUT2D eigenvalue weighted by atomic mass is 9.95. The standard InChI is InChI=1S/C25H28N4O3/c1-16-7-6-10-20-23(16)26-15-29(25(20)32)14-22(30)28-21-12-11-18(13-17(21)2)24(31)27-19-8-4-3-5-9-19/h6-7,10-13,15,19H,3-5,8-9,14H2,1-2H3,(H,27,31)(H,28,30). The molecule has 2 aromatic carbocycles. The van der Waals surface area contributed by atoms with E-state index in [4.69, 9.17) is 0 Å². The number of aryl methyl sites for hydroxylation is 2. The van der Waals surface area contributed by atoms with E-state index in [-0.39, 0.29) is 30.0 Å². The Balaban J connectivity index is 1.43. The highest BCUT2D eigenvalue weighted by Gasteiger charge is 2.17. The van der Waals surface area contributed by atoms with Gasteiger partial charge in [-0.1, -0.05) is 31.4 Å². The number of hydrogen-bond donors (Lipinski definition) is 2. The molecule has 0 aliphatic heterocycles. The molecule has 1 aliphatic carbocycles. The molecule has 32 heavy (non-hydrogen) atoms. The van der Waals surface area contributed by atoms with Crippen LogP contribution in [0.2, 0.25) is 0 Å². The largest absolute Gasteiger partial charge is 0.349 e. The van der Waals surface area contributed by atoms with Crippen molar-refractivity contribution < 1.29 is 9.59 Å². The fraction of sp³-hybridized carbons (Fsp3) is 0.360. The molecule has 4 rings (SSSR count). The Kier molecular flexibility index (Phi) is 6.35. The zero-order chi connectivity index (χ0) is 22.7. The van der Waals surface area contributed by atoms with Crippen molar-refractivity contribution in [2.45, 2.75) is 58.5 Å². The Morgan fingerprint density at radius 3 is 2.59 bits per heavy atom. The fourth-order valence-corrected chi connectivity index (χ4v) is 4.26. The Bertz CT molecular complexity index is 1230. The van der Waals surface area contributed by atoms with Crippen LogP contribution < -0.4 is 16.2 Å². The summed E-state index contributed by atoms with van der Waals surface area (Å²) in [6, 6.07) is 10.9. The topological polar surface area (TPSA) is 93.1 Å². The van der Waals surface area contributed by atoms with Crippen LogP contribution in [0, 0.1) is 13.8 Å². The zero-order valence-corrected chi connectivity index (χ0v) is 18.5. The van der Waals surface area contributed by atoms with E-state index in [9.17, 15) is 14.4 Å². The number of benzene rings is 2. The van der Waals surface area contributed by atoms with Crippen molar-refractivity contribution in [2.24, 2.45) is 0 Å². The van der Waals surface area contributed by atoms with E-state index >= 15 is 0 Å². The number of nitrogens with zero attached hydrogens (tertiary/aromatic N) is 2. The first-order valence-corrected chi connectivity index (χ1v) is 11.1. The van der Waals surface area contributed by atoms with Crippen molar-refractivity contribution in [3.8, 4) is 0 Å². The highest BCUT2D eigenvalue weighted by Crippen LogP contribution is 2.20. The molecule has 1 fully saturated rings. The van der Waals surface area contributed by atoms with Gasteiger partial charge in [0.05, 0.1) is 17.2 Å². The van der Waals surface area contributed by atoms with E-state index in [0.717, 1.165) is 36.8 Å². The molecular weight excluding hydrogens is 404 g/mol. The van der Waals surface area contributed by atoms with Crippen LogP contribution in [0.4, 0.5) is 5.69 Å². The Morgan fingerprint density at radius 2 is 1.84 bits per heavy atom. The average Bonchev–Trinajstić information content (AvgIpc) is 2.78. The second kappa shape index (κ2) is 9.34. The second-order valence-corrected chi connectivity index (χ2v) is 8.53. The third-order valence-electron chi connectivity index (χ3n) is 6.07. The molecule has 166 valence electrons. The number of aromatic nitrogens is 2. The smallest absolute Gasteiger partial charge is 0.261 e. The first kappa shape index (κ1) is 21.7. The highest BCUT2D eigenvalue weighted by atomic mass is 16.2. The summed E-state index contributed by atoms with van der Waals surface area (Å²) in [6.07, 6.45) is 7.02. The number of amides is 2. The third-order valence-corrected chi connectivity index (χ3v) is 6.07. The molecule has 1 aliphatic rings. The van der Waals surface area contributed by atoms with Crippen LogP contribution in [0.1, 0.15) is 53.6 Å². The lowest BCUT2D eigenvalue weighted by Crippen LogP contribution is -2.36. The molecule has 2 N–H and O–H groups in total. The maximum absolute atomic E-state index is 12.7. The predicted molar refractivity (Wildman–Crippen MR) is 125 cm³/mol. The molecule has 0 radical (unpaired) electrons. The molecule has 0 unspecified atom stereocenters. The molecule has 0 spiro atoms. The van der Waals surface area contributed by atoms with Gasteiger partial charge in [0.15, 0.2) is 0 Å². The van der Waals surface area contributed by atoms with E-state index in [1.807, 2.05) is 19.9 Å². The maximum Gasteiger partial charge on any atom is 0.261 e. The number of fused-ring (bicyclic) bond motifs is 1. The highest BCUT2D eigenvalue weighted by molar-refractivity contribution is 5.96. The number of carbonyl (C=O) groups is 2. The van der Waals surface area contributed by atoms with Gasteiger partial charge >= 0.3 is 0 Å². The Hall–Kier alpha value is -3.48. The molecule has 0 bridgehead atoms. The average molecular weight is 433 g/mol. The van der Waals surface area contributed by atoms with Crippen LogP contribution in [0.25, 0.3) is 10.9 Å². The number of carbonyl (C=O) groups excluding carboxylic acids is 2. The number of rotatable bonds is 5. The Morgan fingerprint density at radius 1 is 1.06 bits per heavy atom. The minimum atomic E-state index is -0.330. The SMILES string of the molecule is Cc1cc(C(=O)NC2CCCCC2)ccc1NC(=O)Cn1cnc2c(C)cccc2c1=O. The summed E-state index contributed by atoms with van der Waals surface area (Å²) in [5.74, 6) is -0.412. The molecule has 0 atom stereocenters. The lowest BCUT2D eigenvalue weighted by Gasteiger charge is -2.23. The Labute approximate surface area is 186 Å². The number of para-hydroxylation sites is 1. The summed E-state index contributed by atoms with van der Waals surface area (Å²) in [6.45, 7) is 3.60. The van der Waals surface area contributed by atoms with Gasteiger partial charge in [-0.15, -0.1) is 0 Å². The number of hydrogen-bond acceptors (Lipinski definition) is 4. The van der Waals surface area contributed by atoms with Gasteiger partial charge in [-0.2, -0.15) is 0 Å². The van der Waals surface area contributed by atoms with E-state index in [1.165, 1.54) is 17.3 Å². The van der Waals surface area contributed by atoms with Crippen molar-refractivity contribution in [3.63, 3.8) is 0 Å². The predicted octanol–water partition coefficient (Wildman–Crippen LogP) is 3.71. The molecule has 3 aromatic rings. The maximum atomic E-state index is 12.7. The van der Waals surface area contributed by atoms with Crippen LogP contribution in [0.15, 0.2) is 47.5 Å². The van der Waals surface area contributed by atoms with Crippen LogP contribution in [0.5, 0.6) is 0 Å². The quantitative estimate of drug-likeness (QED) is 0.643.